The largest absolute Gasteiger partial charge is 0.306 e. The highest BCUT2D eigenvalue weighted by atomic mass is 35.5. The minimum absolute atomic E-state index is 0.139. The standard InChI is InChI=1S/C9H5ClN2O2.2C2H6/c10-9-6-3-1-2-4-7(6)11-5-8(9)12(13)14;2*1-2/h1-5H;2*1-2H3. The van der Waals surface area contributed by atoms with E-state index in [1.165, 1.54) is 6.20 Å². The molecular weight excluding hydrogens is 252 g/mol. The lowest BCUT2D eigenvalue weighted by molar-refractivity contribution is -0.384. The van der Waals surface area contributed by atoms with Crippen LogP contribution in [-0.4, -0.2) is 9.91 Å². The molecule has 0 spiro atoms. The molecule has 0 unspecified atom stereocenters. The minimum Gasteiger partial charge on any atom is -0.258 e. The number of nitro groups is 1. The van der Waals surface area contributed by atoms with Crippen LogP contribution in [0.5, 0.6) is 0 Å². The molecule has 0 bridgehead atoms. The smallest absolute Gasteiger partial charge is 0.258 e. The molecule has 0 fully saturated rings. The highest BCUT2D eigenvalue weighted by molar-refractivity contribution is 6.37. The van der Waals surface area contributed by atoms with Crippen molar-refractivity contribution in [3.63, 3.8) is 0 Å². The number of nitrogens with zero attached hydrogens (tertiary/aromatic N) is 2. The molecule has 0 saturated heterocycles. The Morgan fingerprint density at radius 1 is 1.17 bits per heavy atom. The van der Waals surface area contributed by atoms with Crippen LogP contribution in [0.4, 0.5) is 5.69 Å². The third-order valence-corrected chi connectivity index (χ3v) is 2.29. The summed E-state index contributed by atoms with van der Waals surface area (Å²) >= 11 is 5.85. The van der Waals surface area contributed by atoms with Gasteiger partial charge in [0.25, 0.3) is 0 Å². The predicted octanol–water partition coefficient (Wildman–Crippen LogP) is 4.85. The molecule has 98 valence electrons. The SMILES string of the molecule is CC.CC.O=[N+]([O-])c1cnc2ccccc2c1Cl. The summed E-state index contributed by atoms with van der Waals surface area (Å²) in [7, 11) is 0. The van der Waals surface area contributed by atoms with E-state index >= 15 is 0 Å². The normalized spacial score (nSPS) is 8.72. The first-order valence-electron chi connectivity index (χ1n) is 5.88. The van der Waals surface area contributed by atoms with E-state index < -0.39 is 4.92 Å². The molecule has 0 aliphatic carbocycles. The van der Waals surface area contributed by atoms with Crippen LogP contribution < -0.4 is 0 Å². The van der Waals surface area contributed by atoms with E-state index in [1.54, 1.807) is 24.3 Å². The Morgan fingerprint density at radius 3 is 2.28 bits per heavy atom. The van der Waals surface area contributed by atoms with Crippen molar-refractivity contribution in [2.24, 2.45) is 0 Å². The second-order valence-corrected chi connectivity index (χ2v) is 3.11. The van der Waals surface area contributed by atoms with Crippen molar-refractivity contribution in [3.05, 3.63) is 45.6 Å². The van der Waals surface area contributed by atoms with Gasteiger partial charge in [-0.15, -0.1) is 0 Å². The van der Waals surface area contributed by atoms with Gasteiger partial charge in [0, 0.05) is 5.39 Å². The van der Waals surface area contributed by atoms with Crippen LogP contribution in [0.2, 0.25) is 5.02 Å². The Morgan fingerprint density at radius 2 is 1.72 bits per heavy atom. The predicted molar refractivity (Wildman–Crippen MR) is 76.1 cm³/mol. The van der Waals surface area contributed by atoms with E-state index in [2.05, 4.69) is 4.98 Å². The molecule has 0 radical (unpaired) electrons. The van der Waals surface area contributed by atoms with Crippen molar-refractivity contribution in [3.8, 4) is 0 Å². The van der Waals surface area contributed by atoms with Crippen molar-refractivity contribution < 1.29 is 4.92 Å². The van der Waals surface area contributed by atoms with E-state index in [0.29, 0.717) is 10.9 Å². The average Bonchev–Trinajstić information content (AvgIpc) is 2.43. The van der Waals surface area contributed by atoms with E-state index in [-0.39, 0.29) is 10.7 Å². The summed E-state index contributed by atoms with van der Waals surface area (Å²) in [5, 5.41) is 11.3. The highest BCUT2D eigenvalue weighted by Gasteiger charge is 2.15. The maximum atomic E-state index is 10.5. The van der Waals surface area contributed by atoms with Crippen LogP contribution >= 0.6 is 11.6 Å². The first kappa shape index (κ1) is 16.3. The number of hydrogen-bond donors (Lipinski definition) is 0. The lowest BCUT2D eigenvalue weighted by Crippen LogP contribution is -1.91. The zero-order chi connectivity index (χ0) is 14.1. The summed E-state index contributed by atoms with van der Waals surface area (Å²) in [5.74, 6) is 0. The molecule has 1 aromatic carbocycles. The molecule has 1 heterocycles. The summed E-state index contributed by atoms with van der Waals surface area (Å²) in [6.07, 6.45) is 1.17. The quantitative estimate of drug-likeness (QED) is 0.549. The van der Waals surface area contributed by atoms with Gasteiger partial charge < -0.3 is 0 Å². The van der Waals surface area contributed by atoms with Crippen molar-refractivity contribution in [1.29, 1.82) is 0 Å². The van der Waals surface area contributed by atoms with E-state index in [4.69, 9.17) is 11.6 Å². The van der Waals surface area contributed by atoms with Crippen LogP contribution in [-0.2, 0) is 0 Å². The second kappa shape index (κ2) is 8.42. The Labute approximate surface area is 112 Å². The number of fused-ring (bicyclic) bond motifs is 1. The zero-order valence-electron chi connectivity index (χ0n) is 11.0. The maximum Gasteiger partial charge on any atom is 0.306 e. The van der Waals surface area contributed by atoms with Crippen LogP contribution in [0.3, 0.4) is 0 Å². The van der Waals surface area contributed by atoms with Gasteiger partial charge in [-0.2, -0.15) is 0 Å². The molecule has 2 rings (SSSR count). The highest BCUT2D eigenvalue weighted by Crippen LogP contribution is 2.30. The number of aromatic nitrogens is 1. The van der Waals surface area contributed by atoms with Gasteiger partial charge in [-0.3, -0.25) is 10.1 Å². The topological polar surface area (TPSA) is 56.0 Å². The van der Waals surface area contributed by atoms with Crippen molar-refractivity contribution in [2.75, 3.05) is 0 Å². The number of halogens is 1. The third-order valence-electron chi connectivity index (χ3n) is 1.89. The van der Waals surface area contributed by atoms with E-state index in [1.807, 2.05) is 27.7 Å². The fourth-order valence-corrected chi connectivity index (χ4v) is 1.50. The molecular formula is C13H17ClN2O2. The molecule has 1 aromatic heterocycles. The molecule has 0 amide bonds. The van der Waals surface area contributed by atoms with Gasteiger partial charge in [-0.05, 0) is 6.07 Å². The Bertz CT molecular complexity index is 515. The fourth-order valence-electron chi connectivity index (χ4n) is 1.22. The molecule has 5 heteroatoms. The molecule has 0 saturated carbocycles. The van der Waals surface area contributed by atoms with Gasteiger partial charge in [0.05, 0.1) is 10.4 Å². The molecule has 0 N–H and O–H groups in total. The number of benzene rings is 1. The summed E-state index contributed by atoms with van der Waals surface area (Å²) in [5.41, 5.74) is 0.494. The monoisotopic (exact) mass is 268 g/mol. The number of rotatable bonds is 1. The van der Waals surface area contributed by atoms with E-state index in [0.717, 1.165) is 0 Å². The third kappa shape index (κ3) is 3.67. The number of pyridine rings is 1. The lowest BCUT2D eigenvalue weighted by atomic mass is 10.2. The van der Waals surface area contributed by atoms with Gasteiger partial charge >= 0.3 is 5.69 Å². The van der Waals surface area contributed by atoms with Crippen LogP contribution in [0, 0.1) is 10.1 Å². The van der Waals surface area contributed by atoms with Crippen LogP contribution in [0.15, 0.2) is 30.5 Å². The minimum atomic E-state index is -0.540. The first-order valence-corrected chi connectivity index (χ1v) is 6.25. The Kier molecular flexibility index (Phi) is 7.63. The summed E-state index contributed by atoms with van der Waals surface area (Å²) in [6, 6.07) is 7.03. The van der Waals surface area contributed by atoms with Crippen LogP contribution in [0.1, 0.15) is 27.7 Å². The van der Waals surface area contributed by atoms with Gasteiger partial charge in [0.1, 0.15) is 11.2 Å². The summed E-state index contributed by atoms with van der Waals surface area (Å²) in [4.78, 5) is 13.9. The number of para-hydroxylation sites is 1. The molecule has 18 heavy (non-hydrogen) atoms. The lowest BCUT2D eigenvalue weighted by Gasteiger charge is -1.99. The van der Waals surface area contributed by atoms with Gasteiger partial charge in [-0.1, -0.05) is 57.5 Å². The Balaban J connectivity index is 0.000000659. The summed E-state index contributed by atoms with van der Waals surface area (Å²) in [6.45, 7) is 8.00. The van der Waals surface area contributed by atoms with Crippen molar-refractivity contribution in [1.82, 2.24) is 4.98 Å². The summed E-state index contributed by atoms with van der Waals surface area (Å²) < 4.78 is 0. The maximum absolute atomic E-state index is 10.5. The van der Waals surface area contributed by atoms with Gasteiger partial charge in [0.15, 0.2) is 0 Å². The Hall–Kier alpha value is -1.68. The van der Waals surface area contributed by atoms with E-state index in [9.17, 15) is 10.1 Å². The second-order valence-electron chi connectivity index (χ2n) is 2.73. The number of hydrogen-bond acceptors (Lipinski definition) is 3. The molecule has 0 aliphatic heterocycles. The van der Waals surface area contributed by atoms with Crippen molar-refractivity contribution >= 4 is 28.2 Å². The molecule has 2 aromatic rings. The molecule has 0 aliphatic rings. The van der Waals surface area contributed by atoms with Crippen molar-refractivity contribution in [2.45, 2.75) is 27.7 Å². The van der Waals surface area contributed by atoms with Gasteiger partial charge in [0.2, 0.25) is 0 Å². The average molecular weight is 269 g/mol. The molecule has 4 nitrogen and oxygen atoms in total. The molecule has 0 atom stereocenters. The fraction of sp³-hybridized carbons (Fsp3) is 0.308. The zero-order valence-corrected chi connectivity index (χ0v) is 11.7. The van der Waals surface area contributed by atoms with Crippen LogP contribution in [0.25, 0.3) is 10.9 Å². The van der Waals surface area contributed by atoms with Gasteiger partial charge in [-0.25, -0.2) is 4.98 Å². The first-order chi connectivity index (χ1) is 8.70.